The van der Waals surface area contributed by atoms with Crippen molar-refractivity contribution in [3.8, 4) is 16.9 Å². The largest absolute Gasteiger partial charge is 0.491 e. The van der Waals surface area contributed by atoms with Crippen LogP contribution in [0.4, 0.5) is 18.0 Å². The first-order valence-electron chi connectivity index (χ1n) is 11.1. The summed E-state index contributed by atoms with van der Waals surface area (Å²) in [6, 6.07) is 11.7. The van der Waals surface area contributed by atoms with Gasteiger partial charge in [-0.05, 0) is 55.2 Å². The van der Waals surface area contributed by atoms with Crippen LogP contribution in [0.1, 0.15) is 24.2 Å². The van der Waals surface area contributed by atoms with Crippen LogP contribution in [0.2, 0.25) is 0 Å². The lowest BCUT2D eigenvalue weighted by molar-refractivity contribution is -0.183. The van der Waals surface area contributed by atoms with Gasteiger partial charge in [0.2, 0.25) is 0 Å². The fourth-order valence-electron chi connectivity index (χ4n) is 4.65. The van der Waals surface area contributed by atoms with Crippen molar-refractivity contribution in [3.63, 3.8) is 0 Å². The van der Waals surface area contributed by atoms with Crippen molar-refractivity contribution in [1.82, 2.24) is 19.8 Å². The van der Waals surface area contributed by atoms with Gasteiger partial charge >= 0.3 is 12.2 Å². The number of halogens is 3. The number of alkyl halides is 3. The van der Waals surface area contributed by atoms with Crippen LogP contribution in [0, 0.1) is 12.8 Å². The maximum absolute atomic E-state index is 13.1. The van der Waals surface area contributed by atoms with Crippen LogP contribution < -0.4 is 4.74 Å². The Morgan fingerprint density at radius 1 is 1.06 bits per heavy atom. The van der Waals surface area contributed by atoms with Gasteiger partial charge in [-0.25, -0.2) is 9.78 Å². The minimum atomic E-state index is -4.20. The van der Waals surface area contributed by atoms with Gasteiger partial charge in [-0.1, -0.05) is 12.1 Å². The van der Waals surface area contributed by atoms with E-state index in [0.29, 0.717) is 19.7 Å². The number of benzene rings is 2. The number of nitrogens with zero attached hydrogens (tertiary/aromatic N) is 3. The van der Waals surface area contributed by atoms with Crippen LogP contribution in [0.3, 0.4) is 0 Å². The van der Waals surface area contributed by atoms with E-state index >= 15 is 0 Å². The molecule has 0 spiro atoms. The van der Waals surface area contributed by atoms with Gasteiger partial charge in [-0.15, -0.1) is 0 Å². The minimum absolute atomic E-state index is 0.0458. The molecule has 0 atom stereocenters. The summed E-state index contributed by atoms with van der Waals surface area (Å²) in [5.41, 5.74) is 4.75. The van der Waals surface area contributed by atoms with E-state index < -0.39 is 12.1 Å². The number of aromatic nitrogens is 2. The van der Waals surface area contributed by atoms with Crippen molar-refractivity contribution in [1.29, 1.82) is 0 Å². The van der Waals surface area contributed by atoms with Gasteiger partial charge in [0.05, 0.1) is 30.0 Å². The molecule has 33 heavy (non-hydrogen) atoms. The minimum Gasteiger partial charge on any atom is -0.491 e. The average Bonchev–Trinajstić information content (AvgIpc) is 3.03. The molecular weight excluding hydrogens is 433 g/mol. The number of piperidine rings is 1. The van der Waals surface area contributed by atoms with Crippen LogP contribution in [0.25, 0.3) is 22.2 Å². The molecule has 3 heterocycles. The Balaban J connectivity index is 1.34. The zero-order valence-electron chi connectivity index (χ0n) is 18.3. The summed E-state index contributed by atoms with van der Waals surface area (Å²) in [4.78, 5) is 24.0. The van der Waals surface area contributed by atoms with Crippen molar-refractivity contribution in [2.45, 2.75) is 32.5 Å². The Morgan fingerprint density at radius 3 is 2.55 bits per heavy atom. The van der Waals surface area contributed by atoms with Crippen molar-refractivity contribution < 1.29 is 22.7 Å². The van der Waals surface area contributed by atoms with E-state index in [9.17, 15) is 18.0 Å². The number of fused-ring (bicyclic) bond motifs is 2. The van der Waals surface area contributed by atoms with Gasteiger partial charge in [0, 0.05) is 18.7 Å². The number of hydrogen-bond acceptors (Lipinski definition) is 3. The molecular formula is C24H25F3N4O2. The highest BCUT2D eigenvalue weighted by Gasteiger charge is 2.42. The lowest BCUT2D eigenvalue weighted by Crippen LogP contribution is -2.48. The fourth-order valence-corrected chi connectivity index (χ4v) is 4.65. The first kappa shape index (κ1) is 21.6. The Morgan fingerprint density at radius 2 is 1.79 bits per heavy atom. The lowest BCUT2D eigenvalue weighted by Gasteiger charge is -2.35. The highest BCUT2D eigenvalue weighted by Crippen LogP contribution is 2.35. The smallest absolute Gasteiger partial charge is 0.391 e. The molecule has 1 N–H and O–H groups in total. The Hall–Kier alpha value is -3.23. The number of urea groups is 1. The molecule has 0 unspecified atom stereocenters. The zero-order chi connectivity index (χ0) is 23.2. The summed E-state index contributed by atoms with van der Waals surface area (Å²) in [6.07, 6.45) is -4.29. The molecule has 174 valence electrons. The number of carbonyl (C=O) groups is 1. The summed E-state index contributed by atoms with van der Waals surface area (Å²) >= 11 is 0. The first-order valence-corrected chi connectivity index (χ1v) is 11.1. The topological polar surface area (TPSA) is 61.5 Å². The van der Waals surface area contributed by atoms with E-state index in [-0.39, 0.29) is 32.0 Å². The molecule has 1 fully saturated rings. The summed E-state index contributed by atoms with van der Waals surface area (Å²) in [5, 5.41) is 0. The number of H-pyrrole nitrogens is 1. The Labute approximate surface area is 189 Å². The van der Waals surface area contributed by atoms with Gasteiger partial charge in [0.15, 0.2) is 0 Å². The number of ether oxygens (including phenoxy) is 1. The van der Waals surface area contributed by atoms with Crippen LogP contribution in [0.5, 0.6) is 5.75 Å². The normalized spacial score (nSPS) is 17.6. The number of amides is 2. The van der Waals surface area contributed by atoms with E-state index in [2.05, 4.69) is 9.97 Å². The monoisotopic (exact) mass is 458 g/mol. The Kier molecular flexibility index (Phi) is 5.42. The molecule has 2 aromatic carbocycles. The number of hydrogen-bond donors (Lipinski definition) is 1. The number of aryl methyl sites for hydroxylation is 1. The van der Waals surface area contributed by atoms with E-state index in [1.807, 2.05) is 43.3 Å². The molecule has 1 saturated heterocycles. The van der Waals surface area contributed by atoms with Gasteiger partial charge in [0.25, 0.3) is 0 Å². The number of carbonyl (C=O) groups excluding carboxylic acids is 1. The van der Waals surface area contributed by atoms with E-state index in [1.165, 1.54) is 4.90 Å². The summed E-state index contributed by atoms with van der Waals surface area (Å²) in [5.74, 6) is 0.252. The SMILES string of the molecule is Cc1nc2ccc(-c3ccc4c(c3)CN(C(=O)N3CCC(C(F)(F)F)CC3)CCO4)cc2[nH]1. The van der Waals surface area contributed by atoms with E-state index in [1.54, 1.807) is 4.90 Å². The average molecular weight is 458 g/mol. The molecule has 0 saturated carbocycles. The van der Waals surface area contributed by atoms with Crippen LogP contribution >= 0.6 is 0 Å². The second-order valence-electron chi connectivity index (χ2n) is 8.73. The molecule has 0 radical (unpaired) electrons. The fraction of sp³-hybridized carbons (Fsp3) is 0.417. The third-order valence-corrected chi connectivity index (χ3v) is 6.47. The zero-order valence-corrected chi connectivity index (χ0v) is 18.3. The second-order valence-corrected chi connectivity index (χ2v) is 8.73. The molecule has 6 nitrogen and oxygen atoms in total. The van der Waals surface area contributed by atoms with E-state index in [4.69, 9.17) is 4.74 Å². The molecule has 3 aromatic rings. The molecule has 0 bridgehead atoms. The molecule has 2 amide bonds. The second kappa shape index (κ2) is 8.28. The maximum Gasteiger partial charge on any atom is 0.391 e. The quantitative estimate of drug-likeness (QED) is 0.550. The summed E-state index contributed by atoms with van der Waals surface area (Å²) in [7, 11) is 0. The van der Waals surface area contributed by atoms with Gasteiger partial charge in [-0.3, -0.25) is 0 Å². The molecule has 5 rings (SSSR count). The number of likely N-dealkylation sites (tertiary alicyclic amines) is 1. The Bertz CT molecular complexity index is 1180. The van der Waals surface area contributed by atoms with Crippen molar-refractivity contribution in [3.05, 3.63) is 47.8 Å². The predicted octanol–water partition coefficient (Wildman–Crippen LogP) is 5.13. The van der Waals surface area contributed by atoms with E-state index in [0.717, 1.165) is 39.3 Å². The highest BCUT2D eigenvalue weighted by molar-refractivity contribution is 5.82. The number of nitrogens with one attached hydrogen (secondary N) is 1. The molecule has 2 aliphatic rings. The number of rotatable bonds is 1. The third-order valence-electron chi connectivity index (χ3n) is 6.47. The van der Waals surface area contributed by atoms with Gasteiger partial charge in [0.1, 0.15) is 18.2 Å². The maximum atomic E-state index is 13.1. The standard InChI is InChI=1S/C24H25F3N4O2/c1-15-28-20-4-2-17(13-21(20)29-15)16-3-5-22-18(12-16)14-31(10-11-33-22)23(32)30-8-6-19(7-9-30)24(25,26)27/h2-5,12-13,19H,6-11,14H2,1H3,(H,28,29). The summed E-state index contributed by atoms with van der Waals surface area (Å²) < 4.78 is 44.8. The van der Waals surface area contributed by atoms with Crippen LogP contribution in [0.15, 0.2) is 36.4 Å². The van der Waals surface area contributed by atoms with Crippen molar-refractivity contribution in [2.24, 2.45) is 5.92 Å². The predicted molar refractivity (Wildman–Crippen MR) is 118 cm³/mol. The lowest BCUT2D eigenvalue weighted by atomic mass is 9.96. The molecule has 2 aliphatic heterocycles. The third kappa shape index (κ3) is 4.36. The number of imidazole rings is 1. The van der Waals surface area contributed by atoms with Gasteiger partial charge < -0.3 is 19.5 Å². The van der Waals surface area contributed by atoms with Crippen LogP contribution in [-0.2, 0) is 6.54 Å². The molecule has 9 heteroatoms. The van der Waals surface area contributed by atoms with Crippen molar-refractivity contribution in [2.75, 3.05) is 26.2 Å². The van der Waals surface area contributed by atoms with Gasteiger partial charge in [-0.2, -0.15) is 13.2 Å². The first-order chi connectivity index (χ1) is 15.8. The molecule has 1 aromatic heterocycles. The summed E-state index contributed by atoms with van der Waals surface area (Å²) in [6.45, 7) is 3.24. The van der Waals surface area contributed by atoms with Crippen molar-refractivity contribution >= 4 is 17.1 Å². The highest BCUT2D eigenvalue weighted by atomic mass is 19.4. The number of aromatic amines is 1. The molecule has 0 aliphatic carbocycles. The van der Waals surface area contributed by atoms with Crippen LogP contribution in [-0.4, -0.2) is 58.2 Å².